The van der Waals surface area contributed by atoms with Gasteiger partial charge in [0, 0.05) is 6.61 Å². The van der Waals surface area contributed by atoms with Crippen LogP contribution < -0.4 is 0 Å². The molecule has 0 heterocycles. The zero-order chi connectivity index (χ0) is 14.0. The molecule has 0 saturated carbocycles. The summed E-state index contributed by atoms with van der Waals surface area (Å²) in [5, 5.41) is 8.54. The van der Waals surface area contributed by atoms with Crippen molar-refractivity contribution in [3.63, 3.8) is 0 Å². The van der Waals surface area contributed by atoms with E-state index in [9.17, 15) is 26.3 Å². The molecule has 18 heavy (non-hydrogen) atoms. The highest BCUT2D eigenvalue weighted by Crippen LogP contribution is 2.36. The lowest BCUT2D eigenvalue weighted by Gasteiger charge is -2.14. The maximum absolute atomic E-state index is 12.4. The number of halogens is 6. The second-order valence-corrected chi connectivity index (χ2v) is 3.74. The Morgan fingerprint density at radius 2 is 1.28 bits per heavy atom. The summed E-state index contributed by atoms with van der Waals surface area (Å²) in [4.78, 5) is 0. The minimum Gasteiger partial charge on any atom is -0.396 e. The number of hydrogen-bond acceptors (Lipinski definition) is 1. The van der Waals surface area contributed by atoms with Crippen molar-refractivity contribution in [1.29, 1.82) is 0 Å². The van der Waals surface area contributed by atoms with E-state index in [-0.39, 0.29) is 31.1 Å². The molecule has 0 spiro atoms. The van der Waals surface area contributed by atoms with Crippen molar-refractivity contribution >= 4 is 0 Å². The van der Waals surface area contributed by atoms with Crippen LogP contribution in [0.15, 0.2) is 18.2 Å². The number of rotatable bonds is 3. The number of aliphatic hydroxyl groups excluding tert-OH is 1. The monoisotopic (exact) mass is 272 g/mol. The van der Waals surface area contributed by atoms with Crippen LogP contribution in [0.5, 0.6) is 0 Å². The molecule has 1 nitrogen and oxygen atoms in total. The molecule has 102 valence electrons. The van der Waals surface area contributed by atoms with Gasteiger partial charge in [-0.15, -0.1) is 0 Å². The van der Waals surface area contributed by atoms with Crippen molar-refractivity contribution in [2.75, 3.05) is 6.61 Å². The molecule has 0 bridgehead atoms. The van der Waals surface area contributed by atoms with E-state index < -0.39 is 23.5 Å². The molecule has 0 aliphatic heterocycles. The van der Waals surface area contributed by atoms with Crippen LogP contribution in [0.25, 0.3) is 0 Å². The van der Waals surface area contributed by atoms with E-state index >= 15 is 0 Å². The van der Waals surface area contributed by atoms with Crippen LogP contribution in [0.4, 0.5) is 26.3 Å². The highest BCUT2D eigenvalue weighted by molar-refractivity contribution is 5.33. The first-order valence-corrected chi connectivity index (χ1v) is 5.04. The molecule has 0 unspecified atom stereocenters. The van der Waals surface area contributed by atoms with Gasteiger partial charge in [0.1, 0.15) is 0 Å². The molecule has 0 amide bonds. The van der Waals surface area contributed by atoms with Crippen molar-refractivity contribution < 1.29 is 31.4 Å². The van der Waals surface area contributed by atoms with Gasteiger partial charge >= 0.3 is 12.4 Å². The Balaban J connectivity index is 3.21. The standard InChI is InChI=1S/C11H10F6O/c12-10(13,14)8-4-7(2-1-3-18)5-9(6-8)11(15,16)17/h4-6,18H,1-3H2. The number of hydrogen-bond donors (Lipinski definition) is 1. The van der Waals surface area contributed by atoms with Crippen molar-refractivity contribution in [3.05, 3.63) is 34.9 Å². The van der Waals surface area contributed by atoms with Gasteiger partial charge in [-0.2, -0.15) is 26.3 Å². The fourth-order valence-electron chi connectivity index (χ4n) is 1.45. The second kappa shape index (κ2) is 5.17. The van der Waals surface area contributed by atoms with Gasteiger partial charge in [0.05, 0.1) is 11.1 Å². The van der Waals surface area contributed by atoms with E-state index in [2.05, 4.69) is 0 Å². The van der Waals surface area contributed by atoms with E-state index in [1.807, 2.05) is 0 Å². The highest BCUT2D eigenvalue weighted by atomic mass is 19.4. The van der Waals surface area contributed by atoms with Gasteiger partial charge in [-0.25, -0.2) is 0 Å². The van der Waals surface area contributed by atoms with Crippen LogP contribution >= 0.6 is 0 Å². The summed E-state index contributed by atoms with van der Waals surface area (Å²) < 4.78 is 74.6. The number of alkyl halides is 6. The van der Waals surface area contributed by atoms with Crippen molar-refractivity contribution in [1.82, 2.24) is 0 Å². The summed E-state index contributed by atoms with van der Waals surface area (Å²) in [6.07, 6.45) is -9.58. The predicted molar refractivity (Wildman–Crippen MR) is 51.9 cm³/mol. The molecule has 1 N–H and O–H groups in total. The molecule has 0 saturated heterocycles. The predicted octanol–water partition coefficient (Wildman–Crippen LogP) is 3.65. The molecule has 7 heteroatoms. The minimum atomic E-state index is -4.82. The van der Waals surface area contributed by atoms with Crippen LogP contribution in [0.2, 0.25) is 0 Å². The van der Waals surface area contributed by atoms with E-state index in [0.29, 0.717) is 12.1 Å². The van der Waals surface area contributed by atoms with Gasteiger partial charge in [-0.1, -0.05) is 0 Å². The lowest BCUT2D eigenvalue weighted by molar-refractivity contribution is -0.143. The van der Waals surface area contributed by atoms with E-state index in [0.717, 1.165) is 0 Å². The average molecular weight is 272 g/mol. The maximum Gasteiger partial charge on any atom is 0.416 e. The summed E-state index contributed by atoms with van der Waals surface area (Å²) in [5.74, 6) is 0. The Hall–Kier alpha value is -1.24. The molecule has 0 aromatic heterocycles. The topological polar surface area (TPSA) is 20.2 Å². The summed E-state index contributed by atoms with van der Waals surface area (Å²) in [6, 6.07) is 1.43. The lowest BCUT2D eigenvalue weighted by atomic mass is 10.0. The average Bonchev–Trinajstić information content (AvgIpc) is 2.23. The molecule has 0 radical (unpaired) electrons. The molecule has 0 fully saturated rings. The van der Waals surface area contributed by atoms with Crippen molar-refractivity contribution in [2.45, 2.75) is 25.2 Å². The van der Waals surface area contributed by atoms with Crippen molar-refractivity contribution in [3.8, 4) is 0 Å². The normalized spacial score (nSPS) is 12.8. The Morgan fingerprint density at radius 3 is 1.61 bits per heavy atom. The van der Waals surface area contributed by atoms with Crippen LogP contribution in [0.3, 0.4) is 0 Å². The minimum absolute atomic E-state index is 0.0382. The third-order valence-electron chi connectivity index (χ3n) is 2.27. The van der Waals surface area contributed by atoms with Gasteiger partial charge in [0.15, 0.2) is 0 Å². The lowest BCUT2D eigenvalue weighted by Crippen LogP contribution is -2.12. The summed E-state index contributed by atoms with van der Waals surface area (Å²) >= 11 is 0. The molecule has 0 atom stereocenters. The number of aryl methyl sites for hydroxylation is 1. The molecule has 0 aliphatic rings. The SMILES string of the molecule is OCCCc1cc(C(F)(F)F)cc(C(F)(F)F)c1. The molecule has 0 aliphatic carbocycles. The Kier molecular flexibility index (Phi) is 4.26. The van der Waals surface area contributed by atoms with Crippen LogP contribution in [-0.4, -0.2) is 11.7 Å². The first kappa shape index (κ1) is 14.8. The Bertz CT molecular complexity index is 375. The van der Waals surface area contributed by atoms with Crippen LogP contribution in [0, 0.1) is 0 Å². The smallest absolute Gasteiger partial charge is 0.396 e. The summed E-state index contributed by atoms with van der Waals surface area (Å²) in [5.41, 5.74) is -2.75. The third kappa shape index (κ3) is 3.90. The van der Waals surface area contributed by atoms with Gasteiger partial charge in [0.2, 0.25) is 0 Å². The van der Waals surface area contributed by atoms with Crippen molar-refractivity contribution in [2.24, 2.45) is 0 Å². The van der Waals surface area contributed by atoms with Crippen LogP contribution in [0.1, 0.15) is 23.1 Å². The first-order valence-electron chi connectivity index (χ1n) is 5.04. The number of aliphatic hydroxyl groups is 1. The summed E-state index contributed by atoms with van der Waals surface area (Å²) in [6.45, 7) is -0.294. The molecule has 1 aromatic carbocycles. The first-order chi connectivity index (χ1) is 8.14. The fourth-order valence-corrected chi connectivity index (χ4v) is 1.45. The molecule has 1 aromatic rings. The third-order valence-corrected chi connectivity index (χ3v) is 2.27. The molecular formula is C11H10F6O. The largest absolute Gasteiger partial charge is 0.416 e. The fraction of sp³-hybridized carbons (Fsp3) is 0.455. The molecule has 1 rings (SSSR count). The van der Waals surface area contributed by atoms with E-state index in [1.54, 1.807) is 0 Å². The quantitative estimate of drug-likeness (QED) is 0.833. The Labute approximate surface area is 99.0 Å². The number of benzene rings is 1. The summed E-state index contributed by atoms with van der Waals surface area (Å²) in [7, 11) is 0. The Morgan fingerprint density at radius 1 is 0.833 bits per heavy atom. The zero-order valence-corrected chi connectivity index (χ0v) is 9.07. The molecular weight excluding hydrogens is 262 g/mol. The van der Waals surface area contributed by atoms with E-state index in [1.165, 1.54) is 0 Å². The second-order valence-electron chi connectivity index (χ2n) is 3.74. The van der Waals surface area contributed by atoms with Gasteiger partial charge in [0.25, 0.3) is 0 Å². The van der Waals surface area contributed by atoms with Crippen LogP contribution in [-0.2, 0) is 18.8 Å². The van der Waals surface area contributed by atoms with E-state index in [4.69, 9.17) is 5.11 Å². The van der Waals surface area contributed by atoms with Gasteiger partial charge < -0.3 is 5.11 Å². The van der Waals surface area contributed by atoms with Gasteiger partial charge in [-0.05, 0) is 36.6 Å². The zero-order valence-electron chi connectivity index (χ0n) is 9.07. The van der Waals surface area contributed by atoms with Gasteiger partial charge in [-0.3, -0.25) is 0 Å². The highest BCUT2D eigenvalue weighted by Gasteiger charge is 2.36. The maximum atomic E-state index is 12.4.